The molecule has 44 heavy (non-hydrogen) atoms. The van der Waals surface area contributed by atoms with Gasteiger partial charge in [0.2, 0.25) is 0 Å². The van der Waals surface area contributed by atoms with Crippen LogP contribution in [0.15, 0.2) is 71.8 Å². The molecule has 4 rings (SSSR count). The number of halogens is 1. The molecular formula is C30H33IN6O6S. The van der Waals surface area contributed by atoms with Gasteiger partial charge in [-0.3, -0.25) is 10.1 Å². The number of rotatable bonds is 12. The van der Waals surface area contributed by atoms with Crippen LogP contribution in [0.5, 0.6) is 11.5 Å². The van der Waals surface area contributed by atoms with Crippen molar-refractivity contribution in [2.75, 3.05) is 35.9 Å². The molecule has 3 N–H and O–H groups in total. The van der Waals surface area contributed by atoms with E-state index in [4.69, 9.17) is 14.6 Å². The fourth-order valence-corrected chi connectivity index (χ4v) is 5.94. The van der Waals surface area contributed by atoms with Gasteiger partial charge in [0.15, 0.2) is 9.84 Å². The molecule has 0 bridgehead atoms. The number of hydrogen-bond acceptors (Lipinski definition) is 8. The molecule has 2 aromatic heterocycles. The number of anilines is 3. The van der Waals surface area contributed by atoms with Crippen molar-refractivity contribution in [2.45, 2.75) is 35.5 Å². The summed E-state index contributed by atoms with van der Waals surface area (Å²) in [6.45, 7) is 3.95. The summed E-state index contributed by atoms with van der Waals surface area (Å²) in [5, 5.41) is 12.8. The molecule has 0 saturated heterocycles. The standard InChI is InChI=1S/C30H33IN6O6S/c1-5-6-23(31)25-17-28(37(36-25)20-9-7-19(2)8-10-20)35-30(39)33-24-12-11-21(15-26(24)44(4,40)41)43-22-13-14-32-27(16-22)34-29(38)18-42-3/h7-17,23H,5-6,18H2,1-4H3,(H,32,34,38)(H2,33,35,39). The summed E-state index contributed by atoms with van der Waals surface area (Å²) in [5.41, 5.74) is 2.75. The molecular weight excluding hydrogens is 699 g/mol. The van der Waals surface area contributed by atoms with Crippen LogP contribution in [0.4, 0.5) is 22.1 Å². The molecule has 14 heteroatoms. The molecule has 12 nitrogen and oxygen atoms in total. The molecule has 0 saturated carbocycles. The monoisotopic (exact) mass is 732 g/mol. The number of urea groups is 1. The highest BCUT2D eigenvalue weighted by Gasteiger charge is 2.20. The van der Waals surface area contributed by atoms with E-state index in [1.54, 1.807) is 10.7 Å². The lowest BCUT2D eigenvalue weighted by atomic mass is 10.2. The van der Waals surface area contributed by atoms with Crippen molar-refractivity contribution in [1.29, 1.82) is 0 Å². The number of aryl methyl sites for hydroxylation is 1. The third-order valence-electron chi connectivity index (χ3n) is 6.22. The van der Waals surface area contributed by atoms with E-state index in [1.165, 1.54) is 37.6 Å². The van der Waals surface area contributed by atoms with Gasteiger partial charge >= 0.3 is 6.03 Å². The van der Waals surface area contributed by atoms with E-state index in [-0.39, 0.29) is 32.7 Å². The third kappa shape index (κ3) is 8.76. The van der Waals surface area contributed by atoms with Crippen LogP contribution in [-0.4, -0.2) is 55.1 Å². The van der Waals surface area contributed by atoms with Crippen LogP contribution in [0.3, 0.4) is 0 Å². The smallest absolute Gasteiger partial charge is 0.324 e. The molecule has 0 aliphatic heterocycles. The van der Waals surface area contributed by atoms with E-state index >= 15 is 0 Å². The Kier molecular flexibility index (Phi) is 10.9. The van der Waals surface area contributed by atoms with Crippen LogP contribution >= 0.6 is 22.6 Å². The highest BCUT2D eigenvalue weighted by atomic mass is 127. The summed E-state index contributed by atoms with van der Waals surface area (Å²) in [6, 6.07) is 16.2. The Morgan fingerprint density at radius 2 is 1.73 bits per heavy atom. The average molecular weight is 733 g/mol. The summed E-state index contributed by atoms with van der Waals surface area (Å²) < 4.78 is 37.9. The number of hydrogen-bond donors (Lipinski definition) is 3. The lowest BCUT2D eigenvalue weighted by Gasteiger charge is -2.14. The van der Waals surface area contributed by atoms with Crippen molar-refractivity contribution in [3.8, 4) is 17.2 Å². The van der Waals surface area contributed by atoms with Crippen molar-refractivity contribution < 1.29 is 27.5 Å². The number of carbonyl (C=O) groups excluding carboxylic acids is 2. The zero-order valence-corrected chi connectivity index (χ0v) is 27.6. The predicted octanol–water partition coefficient (Wildman–Crippen LogP) is 6.28. The first kappa shape index (κ1) is 32.9. The number of methoxy groups -OCH3 is 1. The van der Waals surface area contributed by atoms with E-state index in [9.17, 15) is 18.0 Å². The fourth-order valence-electron chi connectivity index (χ4n) is 4.16. The number of pyridine rings is 1. The average Bonchev–Trinajstić information content (AvgIpc) is 3.38. The first-order valence-corrected chi connectivity index (χ1v) is 16.8. The van der Waals surface area contributed by atoms with Crippen LogP contribution in [0.25, 0.3) is 5.69 Å². The first-order chi connectivity index (χ1) is 21.0. The summed E-state index contributed by atoms with van der Waals surface area (Å²) in [5.74, 6) is 0.786. The SMILES string of the molecule is CCCC(I)c1cc(NC(=O)Nc2ccc(Oc3ccnc(NC(=O)COC)c3)cc2S(C)(=O)=O)n(-c2ccc(C)cc2)n1. The number of amides is 3. The van der Waals surface area contributed by atoms with Crippen LogP contribution in [-0.2, 0) is 19.4 Å². The van der Waals surface area contributed by atoms with E-state index in [0.29, 0.717) is 11.6 Å². The Balaban J connectivity index is 1.56. The number of carbonyl (C=O) groups is 2. The zero-order chi connectivity index (χ0) is 31.9. The van der Waals surface area contributed by atoms with E-state index in [2.05, 4.69) is 50.4 Å². The number of nitrogens with one attached hydrogen (secondary N) is 3. The Morgan fingerprint density at radius 3 is 2.41 bits per heavy atom. The van der Waals surface area contributed by atoms with Gasteiger partial charge in [-0.25, -0.2) is 22.9 Å². The molecule has 3 amide bonds. The molecule has 0 spiro atoms. The summed E-state index contributed by atoms with van der Waals surface area (Å²) in [4.78, 5) is 28.9. The van der Waals surface area contributed by atoms with Crippen molar-refractivity contribution in [3.63, 3.8) is 0 Å². The molecule has 2 aromatic carbocycles. The molecule has 4 aromatic rings. The third-order valence-corrected chi connectivity index (χ3v) is 8.62. The highest BCUT2D eigenvalue weighted by molar-refractivity contribution is 14.1. The number of aromatic nitrogens is 3. The van der Waals surface area contributed by atoms with Gasteiger partial charge in [0.05, 0.1) is 25.9 Å². The zero-order valence-electron chi connectivity index (χ0n) is 24.6. The Bertz CT molecular complexity index is 1740. The van der Waals surface area contributed by atoms with Gasteiger partial charge in [0, 0.05) is 37.8 Å². The minimum atomic E-state index is -3.79. The summed E-state index contributed by atoms with van der Waals surface area (Å²) in [7, 11) is -2.39. The first-order valence-electron chi connectivity index (χ1n) is 13.6. The van der Waals surface area contributed by atoms with Crippen molar-refractivity contribution >= 4 is 61.7 Å². The van der Waals surface area contributed by atoms with Gasteiger partial charge in [-0.15, -0.1) is 0 Å². The second kappa shape index (κ2) is 14.6. The van der Waals surface area contributed by atoms with Crippen LogP contribution in [0, 0.1) is 6.92 Å². The molecule has 0 aliphatic rings. The molecule has 1 unspecified atom stereocenters. The van der Waals surface area contributed by atoms with Crippen molar-refractivity contribution in [3.05, 3.63) is 78.1 Å². The van der Waals surface area contributed by atoms with Gasteiger partial charge in [0.1, 0.15) is 29.7 Å². The minimum absolute atomic E-state index is 0.0685. The molecule has 2 heterocycles. The largest absolute Gasteiger partial charge is 0.457 e. The number of benzene rings is 2. The van der Waals surface area contributed by atoms with Crippen molar-refractivity contribution in [1.82, 2.24) is 14.8 Å². The predicted molar refractivity (Wildman–Crippen MR) is 177 cm³/mol. The normalized spacial score (nSPS) is 11.9. The van der Waals surface area contributed by atoms with Crippen molar-refractivity contribution in [2.24, 2.45) is 0 Å². The maximum atomic E-state index is 13.2. The van der Waals surface area contributed by atoms with Crippen LogP contribution in [0.2, 0.25) is 0 Å². The molecule has 0 fully saturated rings. The second-order valence-corrected chi connectivity index (χ2v) is 13.4. The van der Waals surface area contributed by atoms with Gasteiger partial charge in [-0.1, -0.05) is 53.6 Å². The van der Waals surface area contributed by atoms with Crippen LogP contribution in [0.1, 0.15) is 34.9 Å². The number of alkyl halides is 1. The number of sulfone groups is 1. The number of nitrogens with zero attached hydrogens (tertiary/aromatic N) is 3. The topological polar surface area (TPSA) is 154 Å². The minimum Gasteiger partial charge on any atom is -0.457 e. The van der Waals surface area contributed by atoms with Gasteiger partial charge in [0.25, 0.3) is 5.91 Å². The summed E-state index contributed by atoms with van der Waals surface area (Å²) in [6.07, 6.45) is 4.38. The lowest BCUT2D eigenvalue weighted by Crippen LogP contribution is -2.22. The molecule has 0 aliphatic carbocycles. The van der Waals surface area contributed by atoms with Crippen LogP contribution < -0.4 is 20.7 Å². The van der Waals surface area contributed by atoms with E-state index in [0.717, 1.165) is 36.0 Å². The Morgan fingerprint density at radius 1 is 1.00 bits per heavy atom. The maximum Gasteiger partial charge on any atom is 0.324 e. The maximum absolute atomic E-state index is 13.2. The second-order valence-electron chi connectivity index (χ2n) is 9.93. The highest BCUT2D eigenvalue weighted by Crippen LogP contribution is 2.32. The molecule has 0 radical (unpaired) electrons. The quantitative estimate of drug-likeness (QED) is 0.114. The van der Waals surface area contributed by atoms with Gasteiger partial charge in [-0.2, -0.15) is 5.10 Å². The number of ether oxygens (including phenoxy) is 2. The molecule has 1 atom stereocenters. The fraction of sp³-hybridized carbons (Fsp3) is 0.267. The van der Waals surface area contributed by atoms with Gasteiger partial charge < -0.3 is 20.1 Å². The Hall–Kier alpha value is -4.02. The van der Waals surface area contributed by atoms with E-state index in [1.807, 2.05) is 37.3 Å². The molecule has 232 valence electrons. The van der Waals surface area contributed by atoms with E-state index < -0.39 is 21.8 Å². The summed E-state index contributed by atoms with van der Waals surface area (Å²) >= 11 is 2.34. The van der Waals surface area contributed by atoms with Gasteiger partial charge in [-0.05, 0) is 43.7 Å². The lowest BCUT2D eigenvalue weighted by molar-refractivity contribution is -0.119. The Labute approximate surface area is 269 Å².